The summed E-state index contributed by atoms with van der Waals surface area (Å²) in [5.74, 6) is 0. The molecule has 6 heteroatoms. The molecule has 1 saturated heterocycles. The summed E-state index contributed by atoms with van der Waals surface area (Å²) in [5, 5.41) is 3.17. The van der Waals surface area contributed by atoms with Gasteiger partial charge in [0.25, 0.3) is 0 Å². The van der Waals surface area contributed by atoms with Crippen LogP contribution < -0.4 is 5.32 Å². The Kier molecular flexibility index (Phi) is 4.79. The van der Waals surface area contributed by atoms with E-state index in [0.717, 1.165) is 24.1 Å². The van der Waals surface area contributed by atoms with Gasteiger partial charge in [-0.1, -0.05) is 12.1 Å². The first kappa shape index (κ1) is 14.3. The highest BCUT2D eigenvalue weighted by Crippen LogP contribution is 2.29. The molecule has 0 aromatic heterocycles. The van der Waals surface area contributed by atoms with E-state index in [1.54, 1.807) is 0 Å². The predicted octanol–water partition coefficient (Wildman–Crippen LogP) is 2.56. The second kappa shape index (κ2) is 6.36. The van der Waals surface area contributed by atoms with Crippen molar-refractivity contribution in [1.29, 1.82) is 0 Å². The minimum absolute atomic E-state index is 0.114. The fraction of sp³-hybridized carbons (Fsp3) is 0.538. The van der Waals surface area contributed by atoms with Crippen molar-refractivity contribution in [2.24, 2.45) is 0 Å². The Bertz CT molecular complexity index is 386. The van der Waals surface area contributed by atoms with Gasteiger partial charge in [-0.25, -0.2) is 0 Å². The summed E-state index contributed by atoms with van der Waals surface area (Å²) in [7, 11) is 0. The summed E-state index contributed by atoms with van der Waals surface area (Å²) in [6.45, 7) is 2.20. The molecule has 19 heavy (non-hydrogen) atoms. The lowest BCUT2D eigenvalue weighted by Gasteiger charge is -2.23. The Labute approximate surface area is 109 Å². The third-order valence-electron chi connectivity index (χ3n) is 2.95. The molecule has 2 rings (SSSR count). The van der Waals surface area contributed by atoms with Gasteiger partial charge in [-0.05, 0) is 24.1 Å². The largest absolute Gasteiger partial charge is 0.416 e. The molecule has 0 spiro atoms. The zero-order valence-electron chi connectivity index (χ0n) is 10.4. The van der Waals surface area contributed by atoms with E-state index in [1.165, 1.54) is 12.1 Å². The molecule has 1 N–H and O–H groups in total. The summed E-state index contributed by atoms with van der Waals surface area (Å²) < 4.78 is 47.5. The van der Waals surface area contributed by atoms with Crippen LogP contribution in [0.3, 0.4) is 0 Å². The van der Waals surface area contributed by atoms with E-state index in [0.29, 0.717) is 26.5 Å². The SMILES string of the molecule is FC(F)(F)c1ccc(CNCC2CCOCO2)cc1. The van der Waals surface area contributed by atoms with Crippen molar-refractivity contribution in [3.63, 3.8) is 0 Å². The molecule has 0 aliphatic carbocycles. The Morgan fingerprint density at radius 3 is 2.53 bits per heavy atom. The molecule has 1 heterocycles. The van der Waals surface area contributed by atoms with Crippen molar-refractivity contribution in [2.45, 2.75) is 25.2 Å². The molecule has 1 aliphatic rings. The van der Waals surface area contributed by atoms with Gasteiger partial charge >= 0.3 is 6.18 Å². The predicted molar refractivity (Wildman–Crippen MR) is 63.5 cm³/mol. The fourth-order valence-electron chi connectivity index (χ4n) is 1.85. The summed E-state index contributed by atoms with van der Waals surface area (Å²) >= 11 is 0. The number of halogens is 3. The summed E-state index contributed by atoms with van der Waals surface area (Å²) in [5.41, 5.74) is 0.198. The minimum Gasteiger partial charge on any atom is -0.355 e. The smallest absolute Gasteiger partial charge is 0.355 e. The number of hydrogen-bond acceptors (Lipinski definition) is 3. The summed E-state index contributed by atoms with van der Waals surface area (Å²) in [6, 6.07) is 5.17. The molecular formula is C13H16F3NO2. The van der Waals surface area contributed by atoms with Gasteiger partial charge in [-0.2, -0.15) is 13.2 Å². The number of ether oxygens (including phenoxy) is 2. The van der Waals surface area contributed by atoms with Gasteiger partial charge in [0.2, 0.25) is 0 Å². The standard InChI is InChI=1S/C13H16F3NO2/c14-13(15,16)11-3-1-10(2-4-11)7-17-8-12-5-6-18-9-19-12/h1-4,12,17H,5-9H2. The van der Waals surface area contributed by atoms with E-state index in [1.807, 2.05) is 0 Å². The summed E-state index contributed by atoms with van der Waals surface area (Å²) in [6.07, 6.45) is -3.33. The maximum absolute atomic E-state index is 12.4. The molecule has 1 atom stereocenters. The van der Waals surface area contributed by atoms with Crippen molar-refractivity contribution in [3.05, 3.63) is 35.4 Å². The molecule has 1 aliphatic heterocycles. The van der Waals surface area contributed by atoms with Crippen molar-refractivity contribution in [2.75, 3.05) is 19.9 Å². The van der Waals surface area contributed by atoms with Gasteiger partial charge in [-0.15, -0.1) is 0 Å². The summed E-state index contributed by atoms with van der Waals surface area (Å²) in [4.78, 5) is 0. The van der Waals surface area contributed by atoms with E-state index in [2.05, 4.69) is 5.32 Å². The van der Waals surface area contributed by atoms with Gasteiger partial charge in [0.15, 0.2) is 0 Å². The molecule has 3 nitrogen and oxygen atoms in total. The van der Waals surface area contributed by atoms with Crippen LogP contribution in [-0.4, -0.2) is 26.0 Å². The highest BCUT2D eigenvalue weighted by molar-refractivity contribution is 5.24. The molecule has 0 radical (unpaired) electrons. The fourth-order valence-corrected chi connectivity index (χ4v) is 1.85. The van der Waals surface area contributed by atoms with Crippen molar-refractivity contribution >= 4 is 0 Å². The number of hydrogen-bond donors (Lipinski definition) is 1. The van der Waals surface area contributed by atoms with Gasteiger partial charge in [0.1, 0.15) is 6.79 Å². The average molecular weight is 275 g/mol. The Hall–Kier alpha value is -1.11. The third-order valence-corrected chi connectivity index (χ3v) is 2.95. The second-order valence-corrected chi connectivity index (χ2v) is 4.43. The highest BCUT2D eigenvalue weighted by atomic mass is 19.4. The van der Waals surface area contributed by atoms with Gasteiger partial charge in [-0.3, -0.25) is 0 Å². The lowest BCUT2D eigenvalue weighted by atomic mass is 10.1. The maximum Gasteiger partial charge on any atom is 0.416 e. The van der Waals surface area contributed by atoms with Gasteiger partial charge in [0, 0.05) is 13.1 Å². The zero-order valence-corrected chi connectivity index (χ0v) is 10.4. The number of benzene rings is 1. The molecule has 106 valence electrons. The zero-order chi connectivity index (χ0) is 13.7. The van der Waals surface area contributed by atoms with Crippen LogP contribution in [0.15, 0.2) is 24.3 Å². The Balaban J connectivity index is 1.76. The van der Waals surface area contributed by atoms with E-state index in [4.69, 9.17) is 9.47 Å². The molecule has 1 fully saturated rings. The molecule has 1 aromatic carbocycles. The molecule has 1 aromatic rings. The van der Waals surface area contributed by atoms with Crippen LogP contribution in [0, 0.1) is 0 Å². The Morgan fingerprint density at radius 2 is 1.95 bits per heavy atom. The average Bonchev–Trinajstić information content (AvgIpc) is 2.39. The van der Waals surface area contributed by atoms with Crippen LogP contribution in [-0.2, 0) is 22.2 Å². The van der Waals surface area contributed by atoms with Crippen molar-refractivity contribution in [1.82, 2.24) is 5.32 Å². The lowest BCUT2D eigenvalue weighted by molar-refractivity contribution is -0.137. The normalized spacial score (nSPS) is 20.5. The third kappa shape index (κ3) is 4.49. The monoisotopic (exact) mass is 275 g/mol. The number of nitrogens with one attached hydrogen (secondary N) is 1. The first-order valence-corrected chi connectivity index (χ1v) is 6.12. The van der Waals surface area contributed by atoms with Crippen LogP contribution in [0.1, 0.15) is 17.5 Å². The van der Waals surface area contributed by atoms with E-state index >= 15 is 0 Å². The van der Waals surface area contributed by atoms with Crippen LogP contribution >= 0.6 is 0 Å². The lowest BCUT2D eigenvalue weighted by Crippen LogP contribution is -2.33. The highest BCUT2D eigenvalue weighted by Gasteiger charge is 2.29. The van der Waals surface area contributed by atoms with Crippen LogP contribution in [0.2, 0.25) is 0 Å². The minimum atomic E-state index is -4.28. The van der Waals surface area contributed by atoms with Crippen LogP contribution in [0.25, 0.3) is 0 Å². The Morgan fingerprint density at radius 1 is 1.21 bits per heavy atom. The van der Waals surface area contributed by atoms with E-state index in [9.17, 15) is 13.2 Å². The second-order valence-electron chi connectivity index (χ2n) is 4.43. The van der Waals surface area contributed by atoms with E-state index in [-0.39, 0.29) is 6.10 Å². The maximum atomic E-state index is 12.4. The number of alkyl halides is 3. The van der Waals surface area contributed by atoms with Gasteiger partial charge in [0.05, 0.1) is 18.3 Å². The van der Waals surface area contributed by atoms with Crippen LogP contribution in [0.5, 0.6) is 0 Å². The van der Waals surface area contributed by atoms with E-state index < -0.39 is 11.7 Å². The van der Waals surface area contributed by atoms with Crippen LogP contribution in [0.4, 0.5) is 13.2 Å². The van der Waals surface area contributed by atoms with Gasteiger partial charge < -0.3 is 14.8 Å². The molecule has 0 saturated carbocycles. The molecule has 1 unspecified atom stereocenters. The molecular weight excluding hydrogens is 259 g/mol. The van der Waals surface area contributed by atoms with Crippen molar-refractivity contribution in [3.8, 4) is 0 Å². The molecule has 0 bridgehead atoms. The topological polar surface area (TPSA) is 30.5 Å². The molecule has 0 amide bonds. The van der Waals surface area contributed by atoms with Crippen molar-refractivity contribution < 1.29 is 22.6 Å². The first-order chi connectivity index (χ1) is 9.05. The number of rotatable bonds is 4. The first-order valence-electron chi connectivity index (χ1n) is 6.12. The quantitative estimate of drug-likeness (QED) is 0.916.